The number of hydrogen-bond acceptors (Lipinski definition) is 0. The molecule has 0 fully saturated rings. The van der Waals surface area contributed by atoms with Gasteiger partial charge in [-0.25, -0.2) is 11.1 Å². The van der Waals surface area contributed by atoms with E-state index >= 15 is 0 Å². The fourth-order valence-corrected chi connectivity index (χ4v) is 6.02. The molecule has 172 valence electrons. The Morgan fingerprint density at radius 3 is 2.39 bits per heavy atom. The van der Waals surface area contributed by atoms with Crippen LogP contribution in [0.1, 0.15) is 25.0 Å². The topological polar surface area (TPSA) is 12.7 Å². The molecule has 0 saturated carbocycles. The lowest BCUT2D eigenvalue weighted by molar-refractivity contribution is -0.643. The van der Waals surface area contributed by atoms with Crippen LogP contribution in [0.15, 0.2) is 85.1 Å². The molecule has 0 bridgehead atoms. The number of hydrogen-bond donors (Lipinski definition) is 0. The number of pyridine rings is 2. The van der Waals surface area contributed by atoms with Gasteiger partial charge in [-0.15, -0.1) is 0 Å². The van der Waals surface area contributed by atoms with Crippen LogP contribution in [0.3, 0.4) is 0 Å². The van der Waals surface area contributed by atoms with Crippen molar-refractivity contribution in [3.05, 3.63) is 108 Å². The van der Waals surface area contributed by atoms with Crippen molar-refractivity contribution in [1.29, 1.82) is 0 Å². The first-order valence-electron chi connectivity index (χ1n) is 12.4. The Morgan fingerprint density at radius 2 is 1.61 bits per heavy atom. The van der Waals surface area contributed by atoms with Crippen molar-refractivity contribution in [2.45, 2.75) is 26.3 Å². The Balaban J connectivity index is 1.86. The first-order chi connectivity index (χ1) is 17.4. The highest BCUT2D eigenvalue weighted by molar-refractivity contribution is 6.27. The zero-order valence-electron chi connectivity index (χ0n) is 20.9. The van der Waals surface area contributed by atoms with Crippen LogP contribution in [0.2, 0.25) is 0 Å². The maximum absolute atomic E-state index is 7.89. The van der Waals surface area contributed by atoms with Crippen LogP contribution >= 0.6 is 0 Å². The number of para-hydroxylation sites is 1. The van der Waals surface area contributed by atoms with Gasteiger partial charge >= 0.3 is 0 Å². The standard InChI is InChI=1S/C33H26N3/c1-20-14-15-26-25-13-9-12-24(21-10-7-6-8-11-21)30(25)36-27-19-23(33(2,3)34-4)18-22-16-17-35(5)32(29(22)27)28(20)31(26)36/h6-19H,1-3,5H3/q+1. The fraction of sp³-hybridized carbons (Fsp3) is 0.152. The lowest BCUT2D eigenvalue weighted by Crippen LogP contribution is -2.29. The van der Waals surface area contributed by atoms with Crippen LogP contribution in [0.4, 0.5) is 0 Å². The molecule has 7 rings (SSSR count). The summed E-state index contributed by atoms with van der Waals surface area (Å²) in [6, 6.07) is 28.5. The normalized spacial score (nSPS) is 12.4. The van der Waals surface area contributed by atoms with Gasteiger partial charge < -0.3 is 9.25 Å². The number of nitrogens with zero attached hydrogens (tertiary/aromatic N) is 3. The van der Waals surface area contributed by atoms with E-state index in [1.165, 1.54) is 60.2 Å². The Morgan fingerprint density at radius 1 is 0.833 bits per heavy atom. The molecule has 0 aliphatic heterocycles. The highest BCUT2D eigenvalue weighted by Gasteiger charge is 2.30. The molecule has 3 heterocycles. The molecule has 0 radical (unpaired) electrons. The zero-order chi connectivity index (χ0) is 24.8. The van der Waals surface area contributed by atoms with E-state index in [1.807, 2.05) is 13.8 Å². The second-order valence-electron chi connectivity index (χ2n) is 10.5. The minimum Gasteiger partial charge on any atom is -0.307 e. The fourth-order valence-electron chi connectivity index (χ4n) is 6.02. The number of aromatic nitrogens is 2. The summed E-state index contributed by atoms with van der Waals surface area (Å²) in [5.74, 6) is 0. The molecule has 3 nitrogen and oxygen atoms in total. The Labute approximate surface area is 210 Å². The lowest BCUT2D eigenvalue weighted by Gasteiger charge is -2.17. The van der Waals surface area contributed by atoms with Gasteiger partial charge in [0.1, 0.15) is 7.05 Å². The van der Waals surface area contributed by atoms with Crippen molar-refractivity contribution in [3.63, 3.8) is 0 Å². The summed E-state index contributed by atoms with van der Waals surface area (Å²) >= 11 is 0. The summed E-state index contributed by atoms with van der Waals surface area (Å²) in [6.07, 6.45) is 2.15. The van der Waals surface area contributed by atoms with Gasteiger partial charge in [-0.3, -0.25) is 0 Å². The maximum atomic E-state index is 7.89. The van der Waals surface area contributed by atoms with E-state index in [0.717, 1.165) is 11.1 Å². The van der Waals surface area contributed by atoms with E-state index in [2.05, 4.69) is 113 Å². The summed E-state index contributed by atoms with van der Waals surface area (Å²) in [7, 11) is 2.14. The Hall–Kier alpha value is -4.42. The molecular formula is C33H26N3+. The molecular weight excluding hydrogens is 438 g/mol. The van der Waals surface area contributed by atoms with Crippen molar-refractivity contribution in [3.8, 4) is 11.1 Å². The number of fused-ring (bicyclic) bond motifs is 5. The summed E-state index contributed by atoms with van der Waals surface area (Å²) in [6.45, 7) is 14.1. The number of benzene rings is 4. The van der Waals surface area contributed by atoms with Gasteiger partial charge in [-0.1, -0.05) is 60.7 Å². The Bertz CT molecular complexity index is 2040. The van der Waals surface area contributed by atoms with E-state index in [1.54, 1.807) is 0 Å². The molecule has 36 heavy (non-hydrogen) atoms. The van der Waals surface area contributed by atoms with E-state index in [9.17, 15) is 0 Å². The van der Waals surface area contributed by atoms with Crippen LogP contribution in [0, 0.1) is 13.5 Å². The molecule has 3 aromatic heterocycles. The van der Waals surface area contributed by atoms with Gasteiger partial charge in [0.2, 0.25) is 5.52 Å². The van der Waals surface area contributed by atoms with Crippen LogP contribution in [0.5, 0.6) is 0 Å². The molecule has 0 N–H and O–H groups in total. The summed E-state index contributed by atoms with van der Waals surface area (Å²) in [4.78, 5) is 3.99. The van der Waals surface area contributed by atoms with Crippen molar-refractivity contribution in [1.82, 2.24) is 4.40 Å². The molecule has 7 aromatic rings. The predicted octanol–water partition coefficient (Wildman–Crippen LogP) is 7.94. The summed E-state index contributed by atoms with van der Waals surface area (Å²) in [5, 5.41) is 6.23. The largest absolute Gasteiger partial charge is 0.307 e. The molecule has 0 amide bonds. The molecule has 0 aliphatic rings. The van der Waals surface area contributed by atoms with Gasteiger partial charge in [0, 0.05) is 41.8 Å². The maximum Gasteiger partial charge on any atom is 0.252 e. The second kappa shape index (κ2) is 7.06. The first-order valence-corrected chi connectivity index (χ1v) is 12.4. The molecule has 0 unspecified atom stereocenters. The van der Waals surface area contributed by atoms with E-state index in [-0.39, 0.29) is 0 Å². The third kappa shape index (κ3) is 2.59. The highest BCUT2D eigenvalue weighted by atomic mass is 15.0. The average molecular weight is 465 g/mol. The molecule has 0 saturated heterocycles. The Kier molecular flexibility index (Phi) is 4.10. The van der Waals surface area contributed by atoms with Crippen molar-refractivity contribution in [2.75, 3.05) is 0 Å². The smallest absolute Gasteiger partial charge is 0.252 e. The molecule has 0 spiro atoms. The molecule has 0 atom stereocenters. The monoisotopic (exact) mass is 464 g/mol. The van der Waals surface area contributed by atoms with Crippen LogP contribution in [0.25, 0.3) is 65.0 Å². The first kappa shape index (κ1) is 20.9. The summed E-state index contributed by atoms with van der Waals surface area (Å²) in [5.41, 5.74) is 9.01. The highest BCUT2D eigenvalue weighted by Crippen LogP contribution is 2.44. The predicted molar refractivity (Wildman–Crippen MR) is 150 cm³/mol. The lowest BCUT2D eigenvalue weighted by atomic mass is 9.91. The van der Waals surface area contributed by atoms with Crippen LogP contribution in [-0.4, -0.2) is 4.40 Å². The van der Waals surface area contributed by atoms with Crippen LogP contribution < -0.4 is 4.57 Å². The molecule has 3 heteroatoms. The van der Waals surface area contributed by atoms with Gasteiger partial charge in [0.25, 0.3) is 5.54 Å². The van der Waals surface area contributed by atoms with Crippen LogP contribution in [-0.2, 0) is 12.6 Å². The van der Waals surface area contributed by atoms with E-state index in [4.69, 9.17) is 6.57 Å². The summed E-state index contributed by atoms with van der Waals surface area (Å²) < 4.78 is 4.74. The van der Waals surface area contributed by atoms with Gasteiger partial charge in [0.05, 0.1) is 27.3 Å². The zero-order valence-corrected chi connectivity index (χ0v) is 20.9. The quantitative estimate of drug-likeness (QED) is 0.107. The average Bonchev–Trinajstić information content (AvgIpc) is 3.24. The van der Waals surface area contributed by atoms with Gasteiger partial charge in [0.15, 0.2) is 6.20 Å². The number of rotatable bonds is 2. The molecule has 4 aromatic carbocycles. The van der Waals surface area contributed by atoms with Crippen molar-refractivity contribution in [2.24, 2.45) is 7.05 Å². The number of aryl methyl sites for hydroxylation is 2. The minimum atomic E-state index is -0.611. The van der Waals surface area contributed by atoms with Gasteiger partial charge in [-0.05, 0) is 35.6 Å². The molecule has 0 aliphatic carbocycles. The van der Waals surface area contributed by atoms with E-state index in [0.29, 0.717) is 0 Å². The van der Waals surface area contributed by atoms with E-state index < -0.39 is 5.54 Å². The van der Waals surface area contributed by atoms with Crippen molar-refractivity contribution >= 4 is 49.0 Å². The second-order valence-corrected chi connectivity index (χ2v) is 10.5. The third-order valence-electron chi connectivity index (χ3n) is 7.92. The minimum absolute atomic E-state index is 0.611. The SMILES string of the molecule is [C-]#[N+]C(C)(C)c1cc2cc[n+](C)c3c4c(C)ccc5c6cccc(-c7ccccc7)c6n(c(c1)c23)c54. The van der Waals surface area contributed by atoms with Gasteiger partial charge in [-0.2, -0.15) is 0 Å². The van der Waals surface area contributed by atoms with Crippen molar-refractivity contribution < 1.29 is 4.57 Å². The third-order valence-corrected chi connectivity index (χ3v) is 7.92.